The number of carbonyl (C=O) groups is 2. The van der Waals surface area contributed by atoms with E-state index >= 15 is 0 Å². The maximum Gasteiger partial charge on any atom is 0.334 e. The molecule has 1 aromatic rings. The molecule has 1 amide bonds. The second-order valence-corrected chi connectivity index (χ2v) is 8.46. The van der Waals surface area contributed by atoms with E-state index in [4.69, 9.17) is 10.00 Å². The number of cyclic esters (lactones) is 1. The lowest BCUT2D eigenvalue weighted by Gasteiger charge is -2.35. The zero-order valence-corrected chi connectivity index (χ0v) is 17.8. The van der Waals surface area contributed by atoms with E-state index in [0.717, 1.165) is 56.6 Å². The third kappa shape index (κ3) is 4.89. The molecule has 1 aromatic carbocycles. The maximum absolute atomic E-state index is 14.1. The van der Waals surface area contributed by atoms with E-state index in [0.29, 0.717) is 19.7 Å². The van der Waals surface area contributed by atoms with Crippen molar-refractivity contribution in [3.63, 3.8) is 0 Å². The predicted octanol–water partition coefficient (Wildman–Crippen LogP) is 2.73. The normalized spacial score (nSPS) is 21.2. The second kappa shape index (κ2) is 9.61. The number of amides is 1. The van der Waals surface area contributed by atoms with Crippen molar-refractivity contribution in [2.45, 2.75) is 25.7 Å². The van der Waals surface area contributed by atoms with E-state index in [1.165, 1.54) is 5.57 Å². The van der Waals surface area contributed by atoms with Gasteiger partial charge in [0.25, 0.3) is 0 Å². The molecule has 2 aliphatic heterocycles. The smallest absolute Gasteiger partial charge is 0.334 e. The maximum atomic E-state index is 14.1. The summed E-state index contributed by atoms with van der Waals surface area (Å²) in [6, 6.07) is 3.37. The first-order chi connectivity index (χ1) is 15.4. The molecular weight excluding hydrogens is 416 g/mol. The average molecular weight is 441 g/mol. The quantitative estimate of drug-likeness (QED) is 0.657. The summed E-state index contributed by atoms with van der Waals surface area (Å²) >= 11 is 0. The van der Waals surface area contributed by atoms with Gasteiger partial charge in [0.05, 0.1) is 18.6 Å². The van der Waals surface area contributed by atoms with E-state index in [1.807, 2.05) is 12.2 Å². The number of ether oxygens (including phenoxy) is 1. The number of hydrogen-bond donors (Lipinski definition) is 0. The number of benzene rings is 1. The Morgan fingerprint density at radius 3 is 2.69 bits per heavy atom. The summed E-state index contributed by atoms with van der Waals surface area (Å²) in [6.45, 7) is 3.89. The molecular formula is C24H25F2N3O3. The van der Waals surface area contributed by atoms with Crippen molar-refractivity contribution < 1.29 is 23.1 Å². The van der Waals surface area contributed by atoms with E-state index < -0.39 is 11.6 Å². The molecule has 6 nitrogen and oxygen atoms in total. The van der Waals surface area contributed by atoms with Crippen LogP contribution in [0.3, 0.4) is 0 Å². The molecule has 1 atom stereocenters. The third-order valence-corrected chi connectivity index (χ3v) is 6.45. The van der Waals surface area contributed by atoms with Crippen LogP contribution < -0.4 is 0 Å². The van der Waals surface area contributed by atoms with Gasteiger partial charge in [0.15, 0.2) is 0 Å². The summed E-state index contributed by atoms with van der Waals surface area (Å²) in [5.41, 5.74) is 1.71. The molecule has 1 aliphatic carbocycles. The van der Waals surface area contributed by atoms with Crippen LogP contribution in [-0.4, -0.2) is 61.0 Å². The molecule has 8 heteroatoms. The lowest BCUT2D eigenvalue weighted by atomic mass is 9.83. The number of hydrogen-bond acceptors (Lipinski definition) is 5. The van der Waals surface area contributed by atoms with Gasteiger partial charge in [-0.25, -0.2) is 13.6 Å². The highest BCUT2D eigenvalue weighted by atomic mass is 19.1. The lowest BCUT2D eigenvalue weighted by molar-refractivity contribution is -0.142. The molecule has 32 heavy (non-hydrogen) atoms. The van der Waals surface area contributed by atoms with Gasteiger partial charge in [-0.3, -0.25) is 9.69 Å². The van der Waals surface area contributed by atoms with Gasteiger partial charge in [0.1, 0.15) is 17.7 Å². The SMILES string of the molecule is N#Cc1cc(F)c(CC(=O)N2CCN(CCC3=CC=C4C(=O)OCCC4C3)CC2)cc1F. The number of carbonyl (C=O) groups excluding carboxylic acids is 2. The predicted molar refractivity (Wildman–Crippen MR) is 112 cm³/mol. The average Bonchev–Trinajstić information content (AvgIpc) is 2.80. The van der Waals surface area contributed by atoms with Gasteiger partial charge >= 0.3 is 5.97 Å². The van der Waals surface area contributed by atoms with Crippen molar-refractivity contribution in [2.75, 3.05) is 39.3 Å². The first kappa shape index (κ1) is 22.2. The molecule has 0 radical (unpaired) electrons. The Kier molecular flexibility index (Phi) is 6.66. The highest BCUT2D eigenvalue weighted by Crippen LogP contribution is 2.33. The number of fused-ring (bicyclic) bond motifs is 1. The van der Waals surface area contributed by atoms with Crippen LogP contribution >= 0.6 is 0 Å². The second-order valence-electron chi connectivity index (χ2n) is 8.46. The van der Waals surface area contributed by atoms with Gasteiger partial charge in [0, 0.05) is 43.9 Å². The standard InChI is InChI=1S/C24H25F2N3O3/c25-21-13-19(15-27)22(26)12-18(21)14-23(30)29-8-6-28(7-9-29)5-3-16-1-2-20-17(11-16)4-10-32-24(20)31/h1-2,12-13,17H,3-11,14H2. The fraction of sp³-hybridized carbons (Fsp3) is 0.458. The van der Waals surface area contributed by atoms with Crippen molar-refractivity contribution in [3.05, 3.63) is 58.2 Å². The highest BCUT2D eigenvalue weighted by Gasteiger charge is 2.30. The summed E-state index contributed by atoms with van der Waals surface area (Å²) in [6.07, 6.45) is 6.39. The van der Waals surface area contributed by atoms with Gasteiger partial charge in [-0.1, -0.05) is 17.7 Å². The fourth-order valence-electron chi connectivity index (χ4n) is 4.50. The number of allylic oxidation sites excluding steroid dienone is 2. The van der Waals surface area contributed by atoms with Gasteiger partial charge in [-0.15, -0.1) is 0 Å². The molecule has 2 saturated heterocycles. The van der Waals surface area contributed by atoms with E-state index in [2.05, 4.69) is 4.90 Å². The van der Waals surface area contributed by atoms with Gasteiger partial charge in [0.2, 0.25) is 5.91 Å². The van der Waals surface area contributed by atoms with Crippen molar-refractivity contribution >= 4 is 11.9 Å². The number of esters is 1. The van der Waals surface area contributed by atoms with Crippen LogP contribution in [0.4, 0.5) is 8.78 Å². The minimum absolute atomic E-state index is 0.0304. The van der Waals surface area contributed by atoms with Crippen LogP contribution in [0.15, 0.2) is 35.4 Å². The van der Waals surface area contributed by atoms with Crippen LogP contribution in [-0.2, 0) is 20.7 Å². The van der Waals surface area contributed by atoms with Crippen LogP contribution in [0.2, 0.25) is 0 Å². The summed E-state index contributed by atoms with van der Waals surface area (Å²) in [4.78, 5) is 28.3. The van der Waals surface area contributed by atoms with Crippen molar-refractivity contribution in [1.29, 1.82) is 5.26 Å². The molecule has 0 N–H and O–H groups in total. The van der Waals surface area contributed by atoms with Crippen LogP contribution in [0, 0.1) is 28.9 Å². The Morgan fingerprint density at radius 2 is 1.94 bits per heavy atom. The first-order valence-electron chi connectivity index (χ1n) is 10.9. The van der Waals surface area contributed by atoms with E-state index in [1.54, 1.807) is 11.0 Å². The summed E-state index contributed by atoms with van der Waals surface area (Å²) in [5, 5.41) is 8.77. The Hall–Kier alpha value is -3.05. The minimum Gasteiger partial charge on any atom is -0.462 e. The van der Waals surface area contributed by atoms with Gasteiger partial charge in [-0.2, -0.15) is 5.26 Å². The number of nitriles is 1. The van der Waals surface area contributed by atoms with Gasteiger partial charge < -0.3 is 9.64 Å². The molecule has 1 unspecified atom stereocenters. The largest absolute Gasteiger partial charge is 0.462 e. The molecule has 2 heterocycles. The molecule has 4 rings (SSSR count). The first-order valence-corrected chi connectivity index (χ1v) is 10.9. The summed E-state index contributed by atoms with van der Waals surface area (Å²) < 4.78 is 32.9. The Morgan fingerprint density at radius 1 is 1.16 bits per heavy atom. The Bertz CT molecular complexity index is 1020. The number of halogens is 2. The topological polar surface area (TPSA) is 73.6 Å². The number of rotatable bonds is 5. The number of nitrogens with zero attached hydrogens (tertiary/aromatic N) is 3. The molecule has 0 saturated carbocycles. The van der Waals surface area contributed by atoms with Gasteiger partial charge in [-0.05, 0) is 37.3 Å². The molecule has 168 valence electrons. The lowest BCUT2D eigenvalue weighted by Crippen LogP contribution is -2.49. The monoisotopic (exact) mass is 441 g/mol. The molecule has 3 aliphatic rings. The van der Waals surface area contributed by atoms with Crippen LogP contribution in [0.5, 0.6) is 0 Å². The molecule has 0 bridgehead atoms. The third-order valence-electron chi connectivity index (χ3n) is 6.45. The zero-order valence-electron chi connectivity index (χ0n) is 17.8. The number of piperazine rings is 1. The summed E-state index contributed by atoms with van der Waals surface area (Å²) in [5.74, 6) is -1.73. The molecule has 2 fully saturated rings. The van der Waals surface area contributed by atoms with Crippen molar-refractivity contribution in [2.24, 2.45) is 5.92 Å². The molecule has 0 aromatic heterocycles. The van der Waals surface area contributed by atoms with Crippen LogP contribution in [0.25, 0.3) is 0 Å². The molecule has 0 spiro atoms. The van der Waals surface area contributed by atoms with Crippen molar-refractivity contribution in [3.8, 4) is 6.07 Å². The highest BCUT2D eigenvalue weighted by molar-refractivity contribution is 5.90. The van der Waals surface area contributed by atoms with Crippen LogP contribution in [0.1, 0.15) is 30.4 Å². The van der Waals surface area contributed by atoms with E-state index in [9.17, 15) is 18.4 Å². The Balaban J connectivity index is 1.25. The zero-order chi connectivity index (χ0) is 22.7. The fourth-order valence-corrected chi connectivity index (χ4v) is 4.50. The van der Waals surface area contributed by atoms with Crippen molar-refractivity contribution in [1.82, 2.24) is 9.80 Å². The summed E-state index contributed by atoms with van der Waals surface area (Å²) in [7, 11) is 0. The minimum atomic E-state index is -0.814. The Labute approximate surface area is 185 Å². The van der Waals surface area contributed by atoms with E-state index in [-0.39, 0.29) is 35.3 Å².